The molecule has 0 atom stereocenters. The molecule has 0 aliphatic rings. The van der Waals surface area contributed by atoms with Gasteiger partial charge in [0.15, 0.2) is 0 Å². The van der Waals surface area contributed by atoms with E-state index < -0.39 is 6.03 Å². The summed E-state index contributed by atoms with van der Waals surface area (Å²) >= 11 is 0. The second-order valence-corrected chi connectivity index (χ2v) is 3.88. The van der Waals surface area contributed by atoms with Crippen molar-refractivity contribution in [3.05, 3.63) is 36.0 Å². The summed E-state index contributed by atoms with van der Waals surface area (Å²) in [7, 11) is 1.57. The van der Waals surface area contributed by atoms with E-state index in [1.165, 1.54) is 6.20 Å². The lowest BCUT2D eigenvalue weighted by atomic mass is 10.3. The highest BCUT2D eigenvalue weighted by Gasteiger charge is 2.11. The summed E-state index contributed by atoms with van der Waals surface area (Å²) in [6.07, 6.45) is 1.37. The fraction of sp³-hybridized carbons (Fsp3) is 0.0833. The first-order valence-corrected chi connectivity index (χ1v) is 5.70. The van der Waals surface area contributed by atoms with Crippen molar-refractivity contribution in [1.29, 1.82) is 5.41 Å². The molecule has 1 aromatic carbocycles. The molecule has 104 valence electrons. The summed E-state index contributed by atoms with van der Waals surface area (Å²) in [4.78, 5) is 11.8. The number of benzene rings is 1. The van der Waals surface area contributed by atoms with Crippen molar-refractivity contribution in [3.8, 4) is 5.75 Å². The molecule has 6 N–H and O–H groups in total. The van der Waals surface area contributed by atoms with Crippen molar-refractivity contribution in [1.82, 2.24) is 10.2 Å². The normalized spacial score (nSPS) is 9.85. The molecule has 2 rings (SSSR count). The van der Waals surface area contributed by atoms with Gasteiger partial charge in [-0.05, 0) is 24.3 Å². The molecule has 1 aromatic heterocycles. The number of aromatic nitrogens is 2. The van der Waals surface area contributed by atoms with Gasteiger partial charge in [0.05, 0.1) is 18.9 Å². The Balaban J connectivity index is 2.01. The van der Waals surface area contributed by atoms with E-state index in [4.69, 9.17) is 15.9 Å². The van der Waals surface area contributed by atoms with Gasteiger partial charge in [-0.1, -0.05) is 0 Å². The summed E-state index contributed by atoms with van der Waals surface area (Å²) in [6.45, 7) is 0. The molecular formula is C12H14N6O2. The molecule has 0 unspecified atom stereocenters. The average Bonchev–Trinajstić information content (AvgIpc) is 2.87. The standard InChI is InChI=1S/C12H14N6O2/c1-20-8-4-2-7(3-5-8)16-12(19)17-11-9(10(13)14)6-15-18-11/h2-6H,1H3,(H3,13,14)(H3,15,16,17,18,19). The molecular weight excluding hydrogens is 260 g/mol. The Morgan fingerprint density at radius 1 is 1.35 bits per heavy atom. The number of carbonyl (C=O) groups excluding carboxylic acids is 1. The van der Waals surface area contributed by atoms with Gasteiger partial charge in [0.2, 0.25) is 0 Å². The van der Waals surface area contributed by atoms with E-state index >= 15 is 0 Å². The lowest BCUT2D eigenvalue weighted by Gasteiger charge is -2.08. The number of hydrogen-bond donors (Lipinski definition) is 5. The number of nitrogens with zero attached hydrogens (tertiary/aromatic N) is 1. The number of nitrogens with one attached hydrogen (secondary N) is 4. The molecule has 0 fully saturated rings. The van der Waals surface area contributed by atoms with Gasteiger partial charge in [-0.3, -0.25) is 15.8 Å². The Morgan fingerprint density at radius 2 is 2.05 bits per heavy atom. The lowest BCUT2D eigenvalue weighted by Crippen LogP contribution is -2.22. The van der Waals surface area contributed by atoms with E-state index in [1.54, 1.807) is 31.4 Å². The Kier molecular flexibility index (Phi) is 3.85. The van der Waals surface area contributed by atoms with Crippen LogP contribution in [-0.2, 0) is 0 Å². The number of methoxy groups -OCH3 is 1. The van der Waals surface area contributed by atoms with E-state index in [1.807, 2.05) is 0 Å². The van der Waals surface area contributed by atoms with Crippen LogP contribution in [0.25, 0.3) is 0 Å². The molecule has 2 aromatic rings. The molecule has 0 bridgehead atoms. The maximum absolute atomic E-state index is 11.8. The average molecular weight is 274 g/mol. The van der Waals surface area contributed by atoms with Crippen LogP contribution in [0.5, 0.6) is 5.75 Å². The number of nitrogen functional groups attached to an aromatic ring is 1. The predicted octanol–water partition coefficient (Wildman–Crippen LogP) is 1.35. The van der Waals surface area contributed by atoms with Crippen LogP contribution in [0.4, 0.5) is 16.3 Å². The van der Waals surface area contributed by atoms with E-state index in [-0.39, 0.29) is 11.7 Å². The van der Waals surface area contributed by atoms with Crippen LogP contribution in [0.2, 0.25) is 0 Å². The van der Waals surface area contributed by atoms with Crippen LogP contribution in [-0.4, -0.2) is 29.2 Å². The zero-order valence-electron chi connectivity index (χ0n) is 10.7. The number of urea groups is 1. The minimum absolute atomic E-state index is 0.182. The molecule has 8 nitrogen and oxygen atoms in total. The molecule has 0 spiro atoms. The Hall–Kier alpha value is -3.03. The zero-order valence-corrected chi connectivity index (χ0v) is 10.7. The fourth-order valence-electron chi connectivity index (χ4n) is 1.54. The third-order valence-corrected chi connectivity index (χ3v) is 2.52. The first kappa shape index (κ1) is 13.4. The van der Waals surface area contributed by atoms with E-state index in [0.29, 0.717) is 17.0 Å². The first-order valence-electron chi connectivity index (χ1n) is 5.70. The molecule has 2 amide bonds. The molecule has 8 heteroatoms. The first-order chi connectivity index (χ1) is 9.60. The summed E-state index contributed by atoms with van der Waals surface area (Å²) in [5.74, 6) is 0.783. The predicted molar refractivity (Wildman–Crippen MR) is 75.2 cm³/mol. The molecule has 0 aliphatic heterocycles. The topological polar surface area (TPSA) is 129 Å². The number of hydrogen-bond acceptors (Lipinski definition) is 4. The smallest absolute Gasteiger partial charge is 0.324 e. The van der Waals surface area contributed by atoms with Crippen molar-refractivity contribution < 1.29 is 9.53 Å². The highest BCUT2D eigenvalue weighted by Crippen LogP contribution is 2.16. The maximum Gasteiger partial charge on any atom is 0.324 e. The fourth-order valence-corrected chi connectivity index (χ4v) is 1.54. The van der Waals surface area contributed by atoms with Crippen LogP contribution in [0, 0.1) is 5.41 Å². The second kappa shape index (κ2) is 5.74. The van der Waals surface area contributed by atoms with Gasteiger partial charge in [-0.15, -0.1) is 0 Å². The highest BCUT2D eigenvalue weighted by atomic mass is 16.5. The van der Waals surface area contributed by atoms with Crippen molar-refractivity contribution >= 4 is 23.4 Å². The van der Waals surface area contributed by atoms with Gasteiger partial charge in [-0.25, -0.2) is 4.79 Å². The summed E-state index contributed by atoms with van der Waals surface area (Å²) in [6, 6.07) is 6.40. The van der Waals surface area contributed by atoms with Crippen molar-refractivity contribution in [2.24, 2.45) is 5.73 Å². The number of ether oxygens (including phenoxy) is 1. The number of amides is 2. The SMILES string of the molecule is COc1ccc(NC(=O)Nc2[nH]ncc2C(=N)N)cc1. The van der Waals surface area contributed by atoms with Crippen molar-refractivity contribution in [2.45, 2.75) is 0 Å². The minimum atomic E-state index is -0.470. The largest absolute Gasteiger partial charge is 0.497 e. The van der Waals surface area contributed by atoms with Crippen LogP contribution in [0.1, 0.15) is 5.56 Å². The summed E-state index contributed by atoms with van der Waals surface area (Å²) in [5.41, 5.74) is 6.29. The summed E-state index contributed by atoms with van der Waals surface area (Å²) < 4.78 is 5.02. The third kappa shape index (κ3) is 3.05. The van der Waals surface area contributed by atoms with Crippen LogP contribution >= 0.6 is 0 Å². The van der Waals surface area contributed by atoms with Gasteiger partial charge in [0.25, 0.3) is 0 Å². The van der Waals surface area contributed by atoms with Gasteiger partial charge < -0.3 is 15.8 Å². The number of H-pyrrole nitrogens is 1. The number of aromatic amines is 1. The Labute approximate surface area is 114 Å². The molecule has 0 saturated heterocycles. The number of rotatable bonds is 4. The van der Waals surface area contributed by atoms with Crippen LogP contribution in [0.15, 0.2) is 30.5 Å². The highest BCUT2D eigenvalue weighted by molar-refractivity contribution is 6.05. The maximum atomic E-state index is 11.8. The van der Waals surface area contributed by atoms with Gasteiger partial charge in [0, 0.05) is 5.69 Å². The quantitative estimate of drug-likeness (QED) is 0.425. The van der Waals surface area contributed by atoms with E-state index in [9.17, 15) is 4.79 Å². The molecule has 1 heterocycles. The number of anilines is 2. The Morgan fingerprint density at radius 3 is 2.65 bits per heavy atom. The number of carbonyl (C=O) groups is 1. The second-order valence-electron chi connectivity index (χ2n) is 3.88. The van der Waals surface area contributed by atoms with E-state index in [0.717, 1.165) is 0 Å². The van der Waals surface area contributed by atoms with Crippen LogP contribution in [0.3, 0.4) is 0 Å². The molecule has 0 radical (unpaired) electrons. The van der Waals surface area contributed by atoms with Gasteiger partial charge in [-0.2, -0.15) is 5.10 Å². The number of amidine groups is 1. The molecule has 0 saturated carbocycles. The zero-order chi connectivity index (χ0) is 14.5. The lowest BCUT2D eigenvalue weighted by molar-refractivity contribution is 0.262. The van der Waals surface area contributed by atoms with Gasteiger partial charge in [0.1, 0.15) is 17.4 Å². The summed E-state index contributed by atoms with van der Waals surface area (Å²) in [5, 5.41) is 18.8. The Bertz CT molecular complexity index is 619. The van der Waals surface area contributed by atoms with Gasteiger partial charge >= 0.3 is 6.03 Å². The van der Waals surface area contributed by atoms with E-state index in [2.05, 4.69) is 20.8 Å². The number of nitrogens with two attached hydrogens (primary N) is 1. The van der Waals surface area contributed by atoms with Crippen molar-refractivity contribution in [3.63, 3.8) is 0 Å². The molecule has 20 heavy (non-hydrogen) atoms. The minimum Gasteiger partial charge on any atom is -0.497 e. The van der Waals surface area contributed by atoms with Crippen LogP contribution < -0.4 is 21.1 Å². The van der Waals surface area contributed by atoms with Crippen molar-refractivity contribution in [2.75, 3.05) is 17.7 Å². The third-order valence-electron chi connectivity index (χ3n) is 2.52. The monoisotopic (exact) mass is 274 g/mol. The molecule has 0 aliphatic carbocycles.